The van der Waals surface area contributed by atoms with Crippen LogP contribution in [-0.2, 0) is 0 Å². The van der Waals surface area contributed by atoms with Gasteiger partial charge in [-0.1, -0.05) is 22.0 Å². The second kappa shape index (κ2) is 4.91. The Hall–Kier alpha value is -0.310. The van der Waals surface area contributed by atoms with Gasteiger partial charge in [0.15, 0.2) is 0 Å². The first-order valence-corrected chi connectivity index (χ1v) is 7.19. The molecule has 1 aromatic carbocycles. The summed E-state index contributed by atoms with van der Waals surface area (Å²) in [6.07, 6.45) is 0. The van der Waals surface area contributed by atoms with E-state index in [1.807, 2.05) is 0 Å². The van der Waals surface area contributed by atoms with E-state index in [-0.39, 0.29) is 5.38 Å². The minimum Gasteiger partial charge on any atom is -0.152 e. The third-order valence-electron chi connectivity index (χ3n) is 2.66. The SMILES string of the molecule is Cc1cc(C(Cl)c2ccsc2)c(C)cc1Br. The summed E-state index contributed by atoms with van der Waals surface area (Å²) in [6.45, 7) is 4.19. The lowest BCUT2D eigenvalue weighted by atomic mass is 10.00. The second-order valence-electron chi connectivity index (χ2n) is 3.88. The fourth-order valence-corrected chi connectivity index (χ4v) is 3.26. The zero-order valence-corrected chi connectivity index (χ0v) is 12.3. The Kier molecular flexibility index (Phi) is 3.73. The molecule has 0 spiro atoms. The average molecular weight is 316 g/mol. The summed E-state index contributed by atoms with van der Waals surface area (Å²) in [4.78, 5) is 0. The summed E-state index contributed by atoms with van der Waals surface area (Å²) in [5, 5.41) is 4.12. The van der Waals surface area contributed by atoms with Gasteiger partial charge in [0.05, 0.1) is 5.38 Å². The van der Waals surface area contributed by atoms with Crippen LogP contribution >= 0.6 is 38.9 Å². The van der Waals surface area contributed by atoms with Crippen LogP contribution in [0.5, 0.6) is 0 Å². The van der Waals surface area contributed by atoms with Crippen LogP contribution in [0.2, 0.25) is 0 Å². The third kappa shape index (κ3) is 2.34. The maximum absolute atomic E-state index is 6.49. The summed E-state index contributed by atoms with van der Waals surface area (Å²) in [7, 11) is 0. The highest BCUT2D eigenvalue weighted by atomic mass is 79.9. The molecule has 0 fully saturated rings. The molecule has 0 aliphatic heterocycles. The summed E-state index contributed by atoms with van der Waals surface area (Å²) < 4.78 is 1.14. The van der Waals surface area contributed by atoms with Crippen molar-refractivity contribution in [2.24, 2.45) is 0 Å². The Morgan fingerprint density at radius 1 is 1.25 bits per heavy atom. The number of thiophene rings is 1. The molecule has 84 valence electrons. The van der Waals surface area contributed by atoms with Crippen LogP contribution in [0, 0.1) is 13.8 Å². The Morgan fingerprint density at radius 2 is 2.00 bits per heavy atom. The summed E-state index contributed by atoms with van der Waals surface area (Å²) in [5.74, 6) is 0. The van der Waals surface area contributed by atoms with Gasteiger partial charge in [0.1, 0.15) is 0 Å². The molecule has 0 N–H and O–H groups in total. The number of benzene rings is 1. The van der Waals surface area contributed by atoms with Crippen molar-refractivity contribution in [1.82, 2.24) is 0 Å². The molecular weight excluding hydrogens is 304 g/mol. The minimum absolute atomic E-state index is 0.0435. The molecule has 0 saturated heterocycles. The minimum atomic E-state index is -0.0435. The molecule has 2 aromatic rings. The first kappa shape index (κ1) is 12.2. The van der Waals surface area contributed by atoms with Crippen LogP contribution in [0.25, 0.3) is 0 Å². The van der Waals surface area contributed by atoms with Gasteiger partial charge in [0, 0.05) is 4.47 Å². The Labute approximate surface area is 113 Å². The maximum atomic E-state index is 6.49. The highest BCUT2D eigenvalue weighted by Gasteiger charge is 2.14. The van der Waals surface area contributed by atoms with Crippen molar-refractivity contribution in [2.45, 2.75) is 19.2 Å². The molecule has 0 aliphatic carbocycles. The molecule has 0 radical (unpaired) electrons. The van der Waals surface area contributed by atoms with Crippen molar-refractivity contribution in [1.29, 1.82) is 0 Å². The van der Waals surface area contributed by atoms with Crippen LogP contribution in [0.4, 0.5) is 0 Å². The lowest BCUT2D eigenvalue weighted by molar-refractivity contribution is 1.11. The molecule has 0 bridgehead atoms. The summed E-state index contributed by atoms with van der Waals surface area (Å²) in [6, 6.07) is 6.38. The van der Waals surface area contributed by atoms with Gasteiger partial charge in [-0.2, -0.15) is 11.3 Å². The van der Waals surface area contributed by atoms with E-state index in [1.165, 1.54) is 22.3 Å². The normalized spacial score (nSPS) is 12.8. The van der Waals surface area contributed by atoms with Crippen LogP contribution in [0.3, 0.4) is 0 Å². The van der Waals surface area contributed by atoms with Gasteiger partial charge in [-0.05, 0) is 59.0 Å². The monoisotopic (exact) mass is 314 g/mol. The standard InChI is InChI=1S/C13H12BrClS/c1-8-6-12(14)9(2)5-11(8)13(15)10-3-4-16-7-10/h3-7,13H,1-2H3. The molecule has 0 amide bonds. The number of hydrogen-bond acceptors (Lipinski definition) is 1. The molecule has 0 nitrogen and oxygen atoms in total. The molecule has 0 aliphatic rings. The largest absolute Gasteiger partial charge is 0.152 e. The number of aryl methyl sites for hydroxylation is 2. The van der Waals surface area contributed by atoms with Gasteiger partial charge in [0.25, 0.3) is 0 Å². The van der Waals surface area contributed by atoms with Crippen molar-refractivity contribution in [2.75, 3.05) is 0 Å². The average Bonchev–Trinajstić information content (AvgIpc) is 2.75. The van der Waals surface area contributed by atoms with E-state index >= 15 is 0 Å². The van der Waals surface area contributed by atoms with Crippen LogP contribution < -0.4 is 0 Å². The van der Waals surface area contributed by atoms with Crippen LogP contribution in [0.1, 0.15) is 27.6 Å². The molecule has 1 unspecified atom stereocenters. The van der Waals surface area contributed by atoms with Crippen LogP contribution in [0.15, 0.2) is 33.4 Å². The quantitative estimate of drug-likeness (QED) is 0.646. The van der Waals surface area contributed by atoms with E-state index in [9.17, 15) is 0 Å². The van der Waals surface area contributed by atoms with E-state index < -0.39 is 0 Å². The molecule has 2 rings (SSSR count). The molecule has 1 heterocycles. The lowest BCUT2D eigenvalue weighted by Gasteiger charge is -2.13. The van der Waals surface area contributed by atoms with Gasteiger partial charge < -0.3 is 0 Å². The predicted octanol–water partition coefficient (Wildman–Crippen LogP) is 5.46. The molecule has 16 heavy (non-hydrogen) atoms. The van der Waals surface area contributed by atoms with E-state index in [2.05, 4.69) is 58.7 Å². The number of hydrogen-bond donors (Lipinski definition) is 0. The van der Waals surface area contributed by atoms with Gasteiger partial charge in [0.2, 0.25) is 0 Å². The third-order valence-corrected chi connectivity index (χ3v) is 4.70. The maximum Gasteiger partial charge on any atom is 0.0846 e. The number of alkyl halides is 1. The summed E-state index contributed by atoms with van der Waals surface area (Å²) >= 11 is 11.7. The second-order valence-corrected chi connectivity index (χ2v) is 5.95. The highest BCUT2D eigenvalue weighted by molar-refractivity contribution is 9.10. The first-order chi connectivity index (χ1) is 7.59. The van der Waals surface area contributed by atoms with E-state index in [4.69, 9.17) is 11.6 Å². The van der Waals surface area contributed by atoms with Crippen molar-refractivity contribution >= 4 is 38.9 Å². The fourth-order valence-electron chi connectivity index (χ4n) is 1.68. The zero-order valence-electron chi connectivity index (χ0n) is 9.13. The topological polar surface area (TPSA) is 0 Å². The molecule has 3 heteroatoms. The Balaban J connectivity index is 2.44. The van der Waals surface area contributed by atoms with Crippen molar-refractivity contribution < 1.29 is 0 Å². The highest BCUT2D eigenvalue weighted by Crippen LogP contribution is 2.34. The first-order valence-electron chi connectivity index (χ1n) is 5.02. The van der Waals surface area contributed by atoms with E-state index in [1.54, 1.807) is 11.3 Å². The van der Waals surface area contributed by atoms with Gasteiger partial charge in [-0.15, -0.1) is 11.6 Å². The van der Waals surface area contributed by atoms with Gasteiger partial charge >= 0.3 is 0 Å². The number of halogens is 2. The molecule has 1 aromatic heterocycles. The lowest BCUT2D eigenvalue weighted by Crippen LogP contribution is -1.96. The summed E-state index contributed by atoms with van der Waals surface area (Å²) in [5.41, 5.74) is 4.82. The fraction of sp³-hybridized carbons (Fsp3) is 0.231. The molecular formula is C13H12BrClS. The van der Waals surface area contributed by atoms with Crippen LogP contribution in [-0.4, -0.2) is 0 Å². The Morgan fingerprint density at radius 3 is 2.62 bits per heavy atom. The van der Waals surface area contributed by atoms with Gasteiger partial charge in [-0.3, -0.25) is 0 Å². The zero-order chi connectivity index (χ0) is 11.7. The van der Waals surface area contributed by atoms with Crippen molar-refractivity contribution in [3.63, 3.8) is 0 Å². The smallest absolute Gasteiger partial charge is 0.0846 e. The van der Waals surface area contributed by atoms with Gasteiger partial charge in [-0.25, -0.2) is 0 Å². The Bertz CT molecular complexity index is 491. The van der Waals surface area contributed by atoms with Crippen molar-refractivity contribution in [3.8, 4) is 0 Å². The van der Waals surface area contributed by atoms with E-state index in [0.29, 0.717) is 0 Å². The van der Waals surface area contributed by atoms with Crippen molar-refractivity contribution in [3.05, 3.63) is 55.7 Å². The predicted molar refractivity (Wildman–Crippen MR) is 75.6 cm³/mol. The molecule has 1 atom stereocenters. The number of rotatable bonds is 2. The van der Waals surface area contributed by atoms with E-state index in [0.717, 1.165) is 4.47 Å². The molecule has 0 saturated carbocycles.